The van der Waals surface area contributed by atoms with Gasteiger partial charge in [-0.25, -0.2) is 8.42 Å². The zero-order chi connectivity index (χ0) is 21.9. The number of carboxylic acids is 1. The number of H-pyrrole nitrogens is 2. The van der Waals surface area contributed by atoms with Crippen molar-refractivity contribution in [3.63, 3.8) is 0 Å². The number of aliphatic carboxylic acids is 1. The fourth-order valence-electron chi connectivity index (χ4n) is 2.92. The molecule has 0 radical (unpaired) electrons. The molecule has 8 nitrogen and oxygen atoms in total. The zero-order valence-corrected chi connectivity index (χ0v) is 17.2. The Morgan fingerprint density at radius 1 is 1.07 bits per heavy atom. The highest BCUT2D eigenvalue weighted by Gasteiger charge is 2.21. The summed E-state index contributed by atoms with van der Waals surface area (Å²) in [7, 11) is -2.14. The lowest BCUT2D eigenvalue weighted by Crippen LogP contribution is -2.26. The van der Waals surface area contributed by atoms with E-state index in [-0.39, 0.29) is 16.9 Å². The molecule has 0 atom stereocenters. The molecule has 4 rings (SSSR count). The molecule has 4 aromatic rings. The number of anilines is 1. The minimum atomic E-state index is -3.66. The molecule has 0 bridgehead atoms. The maximum Gasteiger partial charge on any atom is 0.303 e. The third kappa shape index (κ3) is 4.06. The van der Waals surface area contributed by atoms with Crippen molar-refractivity contribution in [3.8, 4) is 0 Å². The Balaban J connectivity index is 0.000000461. The van der Waals surface area contributed by atoms with Crippen molar-refractivity contribution in [2.45, 2.75) is 18.2 Å². The minimum absolute atomic E-state index is 0.203. The molecule has 3 N–H and O–H groups in total. The van der Waals surface area contributed by atoms with E-state index in [0.717, 1.165) is 10.8 Å². The van der Waals surface area contributed by atoms with Crippen molar-refractivity contribution in [2.24, 2.45) is 0 Å². The van der Waals surface area contributed by atoms with Crippen LogP contribution in [-0.4, -0.2) is 36.5 Å². The summed E-state index contributed by atoms with van der Waals surface area (Å²) in [5, 5.41) is 9.26. The van der Waals surface area contributed by atoms with Gasteiger partial charge >= 0.3 is 5.97 Å². The van der Waals surface area contributed by atoms with E-state index >= 15 is 0 Å². The number of benzene rings is 2. The normalized spacial score (nSPS) is 11.1. The molecule has 0 spiro atoms. The minimum Gasteiger partial charge on any atom is -0.481 e. The summed E-state index contributed by atoms with van der Waals surface area (Å²) in [6.07, 6.45) is 1.91. The van der Waals surface area contributed by atoms with Crippen LogP contribution < -0.4 is 9.86 Å². The van der Waals surface area contributed by atoms with Gasteiger partial charge in [-0.3, -0.25) is 13.9 Å². The lowest BCUT2D eigenvalue weighted by atomic mass is 10.1. The molecule has 0 aliphatic rings. The molecule has 2 aromatic heterocycles. The van der Waals surface area contributed by atoms with Crippen molar-refractivity contribution in [1.29, 1.82) is 0 Å². The number of fused-ring (bicyclic) bond motifs is 3. The Hall–Kier alpha value is -3.59. The van der Waals surface area contributed by atoms with Crippen LogP contribution in [0.4, 0.5) is 5.69 Å². The van der Waals surface area contributed by atoms with Crippen LogP contribution in [0, 0.1) is 0 Å². The van der Waals surface area contributed by atoms with Crippen LogP contribution in [0.15, 0.2) is 70.5 Å². The average molecular weight is 427 g/mol. The third-order valence-corrected chi connectivity index (χ3v) is 6.38. The van der Waals surface area contributed by atoms with E-state index < -0.39 is 16.0 Å². The van der Waals surface area contributed by atoms with Gasteiger partial charge in [0, 0.05) is 36.0 Å². The molecule has 9 heteroatoms. The Morgan fingerprint density at radius 2 is 1.73 bits per heavy atom. The summed E-state index contributed by atoms with van der Waals surface area (Å²) in [6, 6.07) is 15.2. The maximum atomic E-state index is 12.8. The zero-order valence-electron chi connectivity index (χ0n) is 16.4. The van der Waals surface area contributed by atoms with Gasteiger partial charge in [0.2, 0.25) is 0 Å². The van der Waals surface area contributed by atoms with Crippen LogP contribution in [0.25, 0.3) is 21.8 Å². The molecule has 0 amide bonds. The number of nitrogens with one attached hydrogen (secondary N) is 2. The summed E-state index contributed by atoms with van der Waals surface area (Å²) in [5.41, 5.74) is 1.45. The molecule has 0 saturated heterocycles. The first-order chi connectivity index (χ1) is 14.3. The predicted molar refractivity (Wildman–Crippen MR) is 116 cm³/mol. The quantitative estimate of drug-likeness (QED) is 0.461. The second kappa shape index (κ2) is 8.42. The highest BCUT2D eigenvalue weighted by Crippen LogP contribution is 2.28. The molecule has 0 fully saturated rings. The number of pyridine rings is 1. The van der Waals surface area contributed by atoms with Crippen molar-refractivity contribution in [3.05, 3.63) is 71.1 Å². The van der Waals surface area contributed by atoms with Crippen molar-refractivity contribution in [1.82, 2.24) is 9.97 Å². The first-order valence-electron chi connectivity index (χ1n) is 9.14. The van der Waals surface area contributed by atoms with Gasteiger partial charge in [0.05, 0.1) is 10.6 Å². The fraction of sp³-hybridized carbons (Fsp3) is 0.143. The van der Waals surface area contributed by atoms with Gasteiger partial charge in [-0.2, -0.15) is 0 Å². The lowest BCUT2D eigenvalue weighted by Gasteiger charge is -2.20. The van der Waals surface area contributed by atoms with Crippen LogP contribution in [0.1, 0.15) is 13.3 Å². The lowest BCUT2D eigenvalue weighted by molar-refractivity contribution is -0.136. The molecule has 0 aliphatic carbocycles. The number of rotatable bonds is 4. The monoisotopic (exact) mass is 427 g/mol. The molecule has 30 heavy (non-hydrogen) atoms. The van der Waals surface area contributed by atoms with Gasteiger partial charge in [0.1, 0.15) is 5.52 Å². The Bertz CT molecular complexity index is 1360. The molecule has 0 aliphatic heterocycles. The number of aromatic nitrogens is 2. The van der Waals surface area contributed by atoms with Crippen LogP contribution in [0.5, 0.6) is 0 Å². The molecule has 0 saturated carbocycles. The smallest absolute Gasteiger partial charge is 0.303 e. The number of aromatic amines is 2. The van der Waals surface area contributed by atoms with Gasteiger partial charge in [-0.15, -0.1) is 0 Å². The molecule has 2 aromatic carbocycles. The van der Waals surface area contributed by atoms with E-state index in [4.69, 9.17) is 5.11 Å². The number of hydrogen-bond donors (Lipinski definition) is 3. The van der Waals surface area contributed by atoms with Crippen LogP contribution >= 0.6 is 0 Å². The maximum absolute atomic E-state index is 12.8. The van der Waals surface area contributed by atoms with Crippen molar-refractivity contribution in [2.75, 3.05) is 11.4 Å². The third-order valence-electron chi connectivity index (χ3n) is 4.58. The number of carboxylic acid groups (broad SMARTS) is 1. The van der Waals surface area contributed by atoms with E-state index in [9.17, 15) is 18.0 Å². The summed E-state index contributed by atoms with van der Waals surface area (Å²) in [4.78, 5) is 27.3. The van der Waals surface area contributed by atoms with Gasteiger partial charge in [-0.1, -0.05) is 25.1 Å². The molecular weight excluding hydrogens is 406 g/mol. The van der Waals surface area contributed by atoms with Crippen LogP contribution in [-0.2, 0) is 14.8 Å². The second-order valence-electron chi connectivity index (χ2n) is 6.48. The van der Waals surface area contributed by atoms with E-state index in [2.05, 4.69) is 9.97 Å². The largest absolute Gasteiger partial charge is 0.481 e. The standard InChI is InChI=1S/C18H15N3O3S.C3H6O2/c1-21(25(23,24)13-5-3-2-4-6-13)12-7-8-16-15(11-12)14-9-10-19-17(14)18(22)20-16;1-2-3(4)5/h2-11,19H,1H3,(H,20,22);2H2,1H3,(H,4,5). The van der Waals surface area contributed by atoms with Gasteiger partial charge in [-0.05, 0) is 36.4 Å². The first-order valence-corrected chi connectivity index (χ1v) is 10.6. The van der Waals surface area contributed by atoms with Crippen molar-refractivity contribution >= 4 is 43.5 Å². The molecular formula is C21H21N3O5S. The second-order valence-corrected chi connectivity index (χ2v) is 8.45. The average Bonchev–Trinajstić information content (AvgIpc) is 3.25. The number of nitrogens with zero attached hydrogens (tertiary/aromatic N) is 1. The SMILES string of the molecule is CCC(=O)O.CN(c1ccc2[nH]c(=O)c3[nH]ccc3c2c1)S(=O)(=O)c1ccccc1. The molecule has 0 unspecified atom stereocenters. The van der Waals surface area contributed by atoms with Gasteiger partial charge < -0.3 is 15.1 Å². The summed E-state index contributed by atoms with van der Waals surface area (Å²) in [6.45, 7) is 1.60. The Morgan fingerprint density at radius 3 is 2.37 bits per heavy atom. The molecule has 2 heterocycles. The first kappa shape index (κ1) is 21.1. The van der Waals surface area contributed by atoms with Crippen LogP contribution in [0.2, 0.25) is 0 Å². The summed E-state index contributed by atoms with van der Waals surface area (Å²) in [5.74, 6) is -0.745. The van der Waals surface area contributed by atoms with Gasteiger partial charge in [0.25, 0.3) is 15.6 Å². The number of hydrogen-bond acceptors (Lipinski definition) is 4. The highest BCUT2D eigenvalue weighted by atomic mass is 32.2. The summed E-state index contributed by atoms with van der Waals surface area (Å²) >= 11 is 0. The summed E-state index contributed by atoms with van der Waals surface area (Å²) < 4.78 is 26.8. The number of carbonyl (C=O) groups is 1. The van der Waals surface area contributed by atoms with E-state index in [1.54, 1.807) is 61.7 Å². The van der Waals surface area contributed by atoms with E-state index in [1.165, 1.54) is 11.4 Å². The molecule has 156 valence electrons. The predicted octanol–water partition coefficient (Wildman–Crippen LogP) is 3.32. The van der Waals surface area contributed by atoms with E-state index in [1.807, 2.05) is 6.07 Å². The van der Waals surface area contributed by atoms with Gasteiger partial charge in [0.15, 0.2) is 0 Å². The Kier molecular flexibility index (Phi) is 5.93. The number of sulfonamides is 1. The van der Waals surface area contributed by atoms with E-state index in [0.29, 0.717) is 16.7 Å². The van der Waals surface area contributed by atoms with Crippen molar-refractivity contribution < 1.29 is 18.3 Å². The fourth-order valence-corrected chi connectivity index (χ4v) is 4.12. The Labute approximate surface area is 172 Å². The van der Waals surface area contributed by atoms with Crippen LogP contribution in [0.3, 0.4) is 0 Å². The highest BCUT2D eigenvalue weighted by molar-refractivity contribution is 7.92. The topological polar surface area (TPSA) is 123 Å².